The third-order valence-corrected chi connectivity index (χ3v) is 3.82. The molecular weight excluding hydrogens is 226 g/mol. The highest BCUT2D eigenvalue weighted by molar-refractivity contribution is 6.34. The van der Waals surface area contributed by atoms with Crippen LogP contribution >= 0.6 is 11.6 Å². The summed E-state index contributed by atoms with van der Waals surface area (Å²) in [4.78, 5) is 12.4. The molecule has 1 spiro atoms. The molecule has 0 radical (unpaired) electrons. The lowest BCUT2D eigenvalue weighted by atomic mass is 9.89. The van der Waals surface area contributed by atoms with Crippen molar-refractivity contribution in [2.45, 2.75) is 12.8 Å². The van der Waals surface area contributed by atoms with E-state index in [-0.39, 0.29) is 11.2 Å². The number of carbonyl (C=O) groups is 1. The van der Waals surface area contributed by atoms with Gasteiger partial charge in [-0.2, -0.15) is 0 Å². The lowest BCUT2D eigenvalue weighted by Gasteiger charge is -2.26. The maximum absolute atomic E-state index is 12.4. The van der Waals surface area contributed by atoms with Crippen LogP contribution in [0.15, 0.2) is 12.1 Å². The van der Waals surface area contributed by atoms with Crippen LogP contribution in [0.3, 0.4) is 0 Å². The summed E-state index contributed by atoms with van der Waals surface area (Å²) in [5.74, 6) is 0.795. The summed E-state index contributed by atoms with van der Waals surface area (Å²) in [5.41, 5.74) is 1.17. The van der Waals surface area contributed by atoms with Crippen LogP contribution in [-0.2, 0) is 0 Å². The van der Waals surface area contributed by atoms with E-state index in [1.54, 1.807) is 19.2 Å². The Labute approximate surface area is 98.7 Å². The number of anilines is 1. The summed E-state index contributed by atoms with van der Waals surface area (Å²) >= 11 is 6.08. The number of hydrogen-bond acceptors (Lipinski definition) is 3. The molecule has 84 valence electrons. The SMILES string of the molecule is COc1ccc(Cl)c2c1C(=O)C1(CC1)CN2. The first-order valence-corrected chi connectivity index (χ1v) is 5.71. The number of nitrogens with one attached hydrogen (secondary N) is 1. The lowest BCUT2D eigenvalue weighted by Crippen LogP contribution is -2.31. The maximum atomic E-state index is 12.4. The van der Waals surface area contributed by atoms with Gasteiger partial charge in [-0.25, -0.2) is 0 Å². The topological polar surface area (TPSA) is 38.3 Å². The highest BCUT2D eigenvalue weighted by atomic mass is 35.5. The van der Waals surface area contributed by atoms with Gasteiger partial charge in [0.05, 0.1) is 28.8 Å². The van der Waals surface area contributed by atoms with Crippen LogP contribution in [0, 0.1) is 5.41 Å². The Kier molecular flexibility index (Phi) is 1.96. The highest BCUT2D eigenvalue weighted by Gasteiger charge is 2.53. The van der Waals surface area contributed by atoms with Gasteiger partial charge in [0, 0.05) is 6.54 Å². The Morgan fingerprint density at radius 3 is 2.81 bits per heavy atom. The molecule has 0 unspecified atom stereocenters. The second kappa shape index (κ2) is 3.14. The molecule has 1 heterocycles. The summed E-state index contributed by atoms with van der Waals surface area (Å²) in [6, 6.07) is 3.51. The average molecular weight is 238 g/mol. The molecule has 1 saturated carbocycles. The number of carbonyl (C=O) groups excluding carboxylic acids is 1. The number of fused-ring (bicyclic) bond motifs is 1. The molecular formula is C12H12ClNO2. The Morgan fingerprint density at radius 1 is 1.44 bits per heavy atom. The average Bonchev–Trinajstić information content (AvgIpc) is 3.06. The van der Waals surface area contributed by atoms with E-state index in [2.05, 4.69) is 5.32 Å². The molecule has 1 aliphatic carbocycles. The van der Waals surface area contributed by atoms with Crippen molar-refractivity contribution in [3.05, 3.63) is 22.7 Å². The molecule has 3 rings (SSSR count). The van der Waals surface area contributed by atoms with E-state index in [1.807, 2.05) is 0 Å². The van der Waals surface area contributed by atoms with Crippen molar-refractivity contribution in [1.82, 2.24) is 0 Å². The smallest absolute Gasteiger partial charge is 0.176 e. The maximum Gasteiger partial charge on any atom is 0.176 e. The quantitative estimate of drug-likeness (QED) is 0.816. The molecule has 2 aliphatic rings. The van der Waals surface area contributed by atoms with Crippen molar-refractivity contribution in [3.8, 4) is 5.75 Å². The van der Waals surface area contributed by atoms with Gasteiger partial charge in [0.2, 0.25) is 0 Å². The van der Waals surface area contributed by atoms with Crippen LogP contribution in [0.4, 0.5) is 5.69 Å². The predicted octanol–water partition coefficient (Wildman–Crippen LogP) is 2.74. The Balaban J connectivity index is 2.20. The second-order valence-electron chi connectivity index (χ2n) is 4.46. The summed E-state index contributed by atoms with van der Waals surface area (Å²) in [6.45, 7) is 0.700. The van der Waals surface area contributed by atoms with Gasteiger partial charge in [-0.15, -0.1) is 0 Å². The van der Waals surface area contributed by atoms with Crippen LogP contribution in [-0.4, -0.2) is 19.4 Å². The fourth-order valence-corrected chi connectivity index (χ4v) is 2.51. The molecule has 1 aliphatic heterocycles. The van der Waals surface area contributed by atoms with E-state index in [4.69, 9.17) is 16.3 Å². The molecule has 0 aromatic heterocycles. The molecule has 16 heavy (non-hydrogen) atoms. The van der Waals surface area contributed by atoms with Gasteiger partial charge in [-0.3, -0.25) is 4.79 Å². The van der Waals surface area contributed by atoms with Gasteiger partial charge >= 0.3 is 0 Å². The molecule has 0 atom stereocenters. The van der Waals surface area contributed by atoms with Gasteiger partial charge in [0.25, 0.3) is 0 Å². The Hall–Kier alpha value is -1.22. The summed E-state index contributed by atoms with van der Waals surface area (Å²) in [7, 11) is 1.57. The van der Waals surface area contributed by atoms with Crippen molar-refractivity contribution in [2.24, 2.45) is 5.41 Å². The van der Waals surface area contributed by atoms with Gasteiger partial charge in [-0.1, -0.05) is 11.6 Å². The Bertz CT molecular complexity index is 480. The number of Topliss-reactive ketones (excluding diaryl/α,β-unsaturated/α-hetero) is 1. The first kappa shape index (κ1) is 9.97. The first-order chi connectivity index (χ1) is 7.68. The number of benzene rings is 1. The molecule has 4 heteroatoms. The molecule has 3 nitrogen and oxygen atoms in total. The van der Waals surface area contributed by atoms with Crippen molar-refractivity contribution in [3.63, 3.8) is 0 Å². The second-order valence-corrected chi connectivity index (χ2v) is 4.87. The Morgan fingerprint density at radius 2 is 2.19 bits per heavy atom. The minimum absolute atomic E-state index is 0.176. The van der Waals surface area contributed by atoms with Crippen molar-refractivity contribution in [1.29, 1.82) is 0 Å². The number of rotatable bonds is 1. The highest BCUT2D eigenvalue weighted by Crippen LogP contribution is 2.53. The van der Waals surface area contributed by atoms with Crippen LogP contribution in [0.5, 0.6) is 5.75 Å². The van der Waals surface area contributed by atoms with E-state index in [0.717, 1.165) is 18.5 Å². The largest absolute Gasteiger partial charge is 0.496 e. The number of ether oxygens (including phenoxy) is 1. The zero-order valence-corrected chi connectivity index (χ0v) is 9.73. The monoisotopic (exact) mass is 237 g/mol. The number of hydrogen-bond donors (Lipinski definition) is 1. The van der Waals surface area contributed by atoms with Crippen LogP contribution in [0.1, 0.15) is 23.2 Å². The fourth-order valence-electron chi connectivity index (χ4n) is 2.28. The van der Waals surface area contributed by atoms with Gasteiger partial charge in [-0.05, 0) is 25.0 Å². The zero-order valence-electron chi connectivity index (χ0n) is 8.97. The summed E-state index contributed by atoms with van der Waals surface area (Å²) < 4.78 is 5.24. The van der Waals surface area contributed by atoms with E-state index in [1.165, 1.54) is 0 Å². The van der Waals surface area contributed by atoms with Crippen LogP contribution in [0.2, 0.25) is 5.02 Å². The van der Waals surface area contributed by atoms with E-state index >= 15 is 0 Å². The van der Waals surface area contributed by atoms with Crippen LogP contribution in [0.25, 0.3) is 0 Å². The minimum atomic E-state index is -0.176. The predicted molar refractivity (Wildman–Crippen MR) is 62.5 cm³/mol. The van der Waals surface area contributed by atoms with E-state index in [0.29, 0.717) is 22.9 Å². The molecule has 0 amide bonds. The summed E-state index contributed by atoms with van der Waals surface area (Å²) in [6.07, 6.45) is 1.93. The minimum Gasteiger partial charge on any atom is -0.496 e. The van der Waals surface area contributed by atoms with Gasteiger partial charge < -0.3 is 10.1 Å². The van der Waals surface area contributed by atoms with Gasteiger partial charge in [0.1, 0.15) is 5.75 Å². The van der Waals surface area contributed by atoms with Gasteiger partial charge in [0.15, 0.2) is 5.78 Å². The van der Waals surface area contributed by atoms with Crippen molar-refractivity contribution < 1.29 is 9.53 Å². The third-order valence-electron chi connectivity index (χ3n) is 3.50. The number of ketones is 1. The van der Waals surface area contributed by atoms with Crippen LogP contribution < -0.4 is 10.1 Å². The number of methoxy groups -OCH3 is 1. The fraction of sp³-hybridized carbons (Fsp3) is 0.417. The van der Waals surface area contributed by atoms with E-state index < -0.39 is 0 Å². The molecule has 1 aromatic rings. The standard InChI is InChI=1S/C12H12ClNO2/c1-16-8-3-2-7(13)10-9(8)11(15)12(4-5-12)6-14-10/h2-3,14H,4-6H2,1H3. The lowest BCUT2D eigenvalue weighted by molar-refractivity contribution is 0.0900. The molecule has 1 N–H and O–H groups in total. The molecule has 0 saturated heterocycles. The molecule has 1 fully saturated rings. The summed E-state index contributed by atoms with van der Waals surface area (Å²) in [5, 5.41) is 3.84. The normalized spacial score (nSPS) is 20.2. The molecule has 1 aromatic carbocycles. The van der Waals surface area contributed by atoms with Crippen molar-refractivity contribution in [2.75, 3.05) is 19.0 Å². The zero-order chi connectivity index (χ0) is 11.3. The first-order valence-electron chi connectivity index (χ1n) is 5.33. The molecule has 0 bridgehead atoms. The third kappa shape index (κ3) is 1.18. The number of halogens is 1. The van der Waals surface area contributed by atoms with E-state index in [9.17, 15) is 4.79 Å². The van der Waals surface area contributed by atoms with Crippen molar-refractivity contribution >= 4 is 23.1 Å².